The Labute approximate surface area is 122 Å². The van der Waals surface area contributed by atoms with E-state index < -0.39 is 13.1 Å². The van der Waals surface area contributed by atoms with Crippen molar-refractivity contribution in [2.75, 3.05) is 18.6 Å². The van der Waals surface area contributed by atoms with Crippen molar-refractivity contribution < 1.29 is 19.6 Å². The second kappa shape index (κ2) is 7.01. The molecule has 7 heteroatoms. The molecule has 0 aliphatic carbocycles. The molecule has 0 aromatic heterocycles. The summed E-state index contributed by atoms with van der Waals surface area (Å²) >= 11 is 1.39. The predicted octanol–water partition coefficient (Wildman–Crippen LogP) is 0.412. The van der Waals surface area contributed by atoms with Crippen molar-refractivity contribution in [1.29, 1.82) is 0 Å². The summed E-state index contributed by atoms with van der Waals surface area (Å²) < 4.78 is 5.56. The summed E-state index contributed by atoms with van der Waals surface area (Å²) in [7, 11) is -1.58. The number of hydrogen-bond acceptors (Lipinski definition) is 5. The van der Waals surface area contributed by atoms with Crippen molar-refractivity contribution in [2.45, 2.75) is 18.3 Å². The van der Waals surface area contributed by atoms with E-state index in [1.54, 1.807) is 0 Å². The Hall–Kier alpha value is -1.18. The minimum absolute atomic E-state index is 0.0626. The van der Waals surface area contributed by atoms with Gasteiger partial charge in [-0.3, -0.25) is 4.79 Å². The first-order valence-electron chi connectivity index (χ1n) is 6.48. The number of thioether (sulfide) groups is 1. The summed E-state index contributed by atoms with van der Waals surface area (Å²) in [4.78, 5) is 11.6. The molecule has 0 fully saturated rings. The molecule has 1 aromatic carbocycles. The Balaban J connectivity index is 2.01. The van der Waals surface area contributed by atoms with Crippen molar-refractivity contribution in [3.8, 4) is 5.75 Å². The highest BCUT2D eigenvalue weighted by Gasteiger charge is 2.32. The second-order valence-corrected chi connectivity index (χ2v) is 5.67. The van der Waals surface area contributed by atoms with Gasteiger partial charge in [0.05, 0.1) is 18.3 Å². The molecular weight excluding hydrogens is 277 g/mol. The molecule has 1 aromatic rings. The van der Waals surface area contributed by atoms with Crippen LogP contribution in [0.15, 0.2) is 24.3 Å². The zero-order chi connectivity index (χ0) is 14.5. The molecule has 3 N–H and O–H groups in total. The summed E-state index contributed by atoms with van der Waals surface area (Å²) in [6, 6.07) is 7.70. The van der Waals surface area contributed by atoms with Gasteiger partial charge in [0.25, 0.3) is 0 Å². The van der Waals surface area contributed by atoms with Gasteiger partial charge in [-0.1, -0.05) is 18.2 Å². The summed E-state index contributed by atoms with van der Waals surface area (Å²) in [5.41, 5.74) is 1.05. The third-order valence-electron chi connectivity index (χ3n) is 3.32. The Morgan fingerprint density at radius 1 is 1.55 bits per heavy atom. The fourth-order valence-corrected chi connectivity index (χ4v) is 2.71. The van der Waals surface area contributed by atoms with E-state index in [1.165, 1.54) is 11.8 Å². The van der Waals surface area contributed by atoms with Crippen LogP contribution in [0.5, 0.6) is 5.75 Å². The van der Waals surface area contributed by atoms with Crippen molar-refractivity contribution in [3.63, 3.8) is 0 Å². The quantitative estimate of drug-likeness (QED) is 0.663. The van der Waals surface area contributed by atoms with Crippen LogP contribution in [0.4, 0.5) is 0 Å². The van der Waals surface area contributed by atoms with Gasteiger partial charge in [0, 0.05) is 11.5 Å². The molecule has 0 saturated heterocycles. The Bertz CT molecular complexity index is 471. The lowest BCUT2D eigenvalue weighted by atomic mass is 9.73. The molecule has 1 amide bonds. The molecular formula is C13H18BNO4S. The Morgan fingerprint density at radius 2 is 2.30 bits per heavy atom. The van der Waals surface area contributed by atoms with Crippen LogP contribution in [0.1, 0.15) is 17.9 Å². The molecule has 108 valence electrons. The number of carbonyl (C=O) groups excluding carboxylic acids is 1. The fourth-order valence-electron chi connectivity index (χ4n) is 2.37. The van der Waals surface area contributed by atoms with E-state index in [9.17, 15) is 14.8 Å². The number of benzene rings is 1. The minimum Gasteiger partial charge on any atom is -0.493 e. The monoisotopic (exact) mass is 295 g/mol. The van der Waals surface area contributed by atoms with E-state index in [0.29, 0.717) is 18.8 Å². The maximum Gasteiger partial charge on any atom is 0.475 e. The zero-order valence-electron chi connectivity index (χ0n) is 11.3. The maximum absolute atomic E-state index is 11.6. The Morgan fingerprint density at radius 3 is 3.00 bits per heavy atom. The van der Waals surface area contributed by atoms with Gasteiger partial charge < -0.3 is 20.1 Å². The largest absolute Gasteiger partial charge is 0.493 e. The summed E-state index contributed by atoms with van der Waals surface area (Å²) in [6.45, 7) is 0.501. The molecule has 20 heavy (non-hydrogen) atoms. The second-order valence-electron chi connectivity index (χ2n) is 4.80. The van der Waals surface area contributed by atoms with Gasteiger partial charge in [-0.2, -0.15) is 11.8 Å². The summed E-state index contributed by atoms with van der Waals surface area (Å²) in [5, 5.41) is 21.5. The first-order chi connectivity index (χ1) is 9.61. The lowest BCUT2D eigenvalue weighted by Gasteiger charge is -2.20. The van der Waals surface area contributed by atoms with Gasteiger partial charge in [-0.25, -0.2) is 0 Å². The van der Waals surface area contributed by atoms with E-state index >= 15 is 0 Å². The number of para-hydroxylation sites is 1. The fraction of sp³-hybridized carbons (Fsp3) is 0.462. The molecule has 2 atom stereocenters. The highest BCUT2D eigenvalue weighted by molar-refractivity contribution is 7.99. The van der Waals surface area contributed by atoms with Crippen LogP contribution in [0.3, 0.4) is 0 Å². The van der Waals surface area contributed by atoms with E-state index in [4.69, 9.17) is 4.74 Å². The Kier molecular flexibility index (Phi) is 5.34. The van der Waals surface area contributed by atoms with Crippen LogP contribution in [-0.2, 0) is 4.79 Å². The average Bonchev–Trinajstić information content (AvgIpc) is 2.82. The van der Waals surface area contributed by atoms with Crippen LogP contribution >= 0.6 is 11.8 Å². The normalized spacial score (nSPS) is 18.1. The van der Waals surface area contributed by atoms with E-state index in [0.717, 1.165) is 11.3 Å². The molecule has 0 radical (unpaired) electrons. The van der Waals surface area contributed by atoms with Gasteiger partial charge in [-0.05, 0) is 18.7 Å². The standard InChI is InChI=1S/C13H18BNO4S/c1-20-8-13(16)15-12(14(17)18)6-9-7-19-11-5-3-2-4-10(9)11/h2-5,9,12,17-18H,6-8H2,1H3,(H,15,16)/t9-,12?/m1/s1. The van der Waals surface area contributed by atoms with Crippen LogP contribution < -0.4 is 10.1 Å². The van der Waals surface area contributed by atoms with E-state index in [-0.39, 0.29) is 11.8 Å². The summed E-state index contributed by atoms with van der Waals surface area (Å²) in [5.74, 6) is 0.324. The molecule has 1 heterocycles. The third kappa shape index (κ3) is 3.68. The minimum atomic E-state index is -1.58. The SMILES string of the molecule is CSCC(=O)NC(C[C@@H]1COc2ccccc21)B(O)O. The summed E-state index contributed by atoms with van der Waals surface area (Å²) in [6.07, 6.45) is 2.26. The van der Waals surface area contributed by atoms with Crippen molar-refractivity contribution in [1.82, 2.24) is 5.32 Å². The zero-order valence-corrected chi connectivity index (χ0v) is 12.1. The van der Waals surface area contributed by atoms with Gasteiger partial charge in [0.15, 0.2) is 0 Å². The van der Waals surface area contributed by atoms with Crippen molar-refractivity contribution in [3.05, 3.63) is 29.8 Å². The van der Waals surface area contributed by atoms with Crippen molar-refractivity contribution in [2.24, 2.45) is 0 Å². The van der Waals surface area contributed by atoms with Crippen LogP contribution in [0.2, 0.25) is 0 Å². The van der Waals surface area contributed by atoms with Gasteiger partial charge >= 0.3 is 7.12 Å². The number of amides is 1. The molecule has 5 nitrogen and oxygen atoms in total. The van der Waals surface area contributed by atoms with Crippen LogP contribution in [0.25, 0.3) is 0 Å². The van der Waals surface area contributed by atoms with Gasteiger partial charge in [0.2, 0.25) is 5.91 Å². The molecule has 1 unspecified atom stereocenters. The topological polar surface area (TPSA) is 78.8 Å². The van der Waals surface area contributed by atoms with E-state index in [1.807, 2.05) is 30.5 Å². The molecule has 1 aliphatic rings. The lowest BCUT2D eigenvalue weighted by Crippen LogP contribution is -2.48. The smallest absolute Gasteiger partial charge is 0.475 e. The maximum atomic E-state index is 11.6. The first kappa shape index (κ1) is 15.2. The first-order valence-corrected chi connectivity index (χ1v) is 7.87. The third-order valence-corrected chi connectivity index (χ3v) is 3.87. The molecule has 2 rings (SSSR count). The lowest BCUT2D eigenvalue weighted by molar-refractivity contribution is -0.119. The van der Waals surface area contributed by atoms with Gasteiger partial charge in [0.1, 0.15) is 5.75 Å². The number of carbonyl (C=O) groups is 1. The van der Waals surface area contributed by atoms with Gasteiger partial charge in [-0.15, -0.1) is 0 Å². The number of fused-ring (bicyclic) bond motifs is 1. The highest BCUT2D eigenvalue weighted by Crippen LogP contribution is 2.36. The van der Waals surface area contributed by atoms with Crippen LogP contribution in [0, 0.1) is 0 Å². The van der Waals surface area contributed by atoms with Crippen LogP contribution in [-0.4, -0.2) is 47.6 Å². The van der Waals surface area contributed by atoms with Crippen molar-refractivity contribution >= 4 is 24.8 Å². The molecule has 0 bridgehead atoms. The average molecular weight is 295 g/mol. The number of nitrogens with one attached hydrogen (secondary N) is 1. The molecule has 1 aliphatic heterocycles. The number of hydrogen-bond donors (Lipinski definition) is 3. The highest BCUT2D eigenvalue weighted by atomic mass is 32.2. The number of rotatable bonds is 6. The van der Waals surface area contributed by atoms with E-state index in [2.05, 4.69) is 5.32 Å². The molecule has 0 spiro atoms. The molecule has 0 saturated carbocycles. The number of ether oxygens (including phenoxy) is 1. The predicted molar refractivity (Wildman–Crippen MR) is 79.8 cm³/mol.